The third kappa shape index (κ3) is 4.12. The Kier molecular flexibility index (Phi) is 5.13. The van der Waals surface area contributed by atoms with Crippen LogP contribution in [0.25, 0.3) is 0 Å². The highest BCUT2D eigenvalue weighted by Gasteiger charge is 2.10. The van der Waals surface area contributed by atoms with Crippen LogP contribution in [0.15, 0.2) is 45.3 Å². The van der Waals surface area contributed by atoms with Crippen LogP contribution in [0.3, 0.4) is 0 Å². The molecule has 3 nitrogen and oxygen atoms in total. The van der Waals surface area contributed by atoms with E-state index in [0.717, 1.165) is 20.1 Å². The minimum Gasteiger partial charge on any atom is -0.389 e. The number of hydrogen-bond acceptors (Lipinski definition) is 2. The molecule has 2 rings (SSSR count). The van der Waals surface area contributed by atoms with Gasteiger partial charge in [0.1, 0.15) is 4.99 Å². The number of rotatable bonds is 3. The maximum Gasteiger partial charge on any atom is 0.255 e. The maximum atomic E-state index is 12.3. The van der Waals surface area contributed by atoms with Crippen molar-refractivity contribution in [2.75, 3.05) is 5.32 Å². The summed E-state index contributed by atoms with van der Waals surface area (Å²) >= 11 is 11.7. The number of benzene rings is 2. The Morgan fingerprint density at radius 3 is 2.29 bits per heavy atom. The van der Waals surface area contributed by atoms with Crippen molar-refractivity contribution in [2.45, 2.75) is 6.92 Å². The molecule has 0 radical (unpaired) electrons. The number of carbonyl (C=O) groups is 1. The number of anilines is 1. The van der Waals surface area contributed by atoms with Crippen LogP contribution in [0.2, 0.25) is 0 Å². The van der Waals surface area contributed by atoms with E-state index in [9.17, 15) is 4.79 Å². The normalized spacial score (nSPS) is 10.2. The molecule has 21 heavy (non-hydrogen) atoms. The van der Waals surface area contributed by atoms with Gasteiger partial charge in [-0.05, 0) is 36.8 Å². The Bertz CT molecular complexity index is 711. The smallest absolute Gasteiger partial charge is 0.255 e. The van der Waals surface area contributed by atoms with Crippen molar-refractivity contribution in [1.29, 1.82) is 0 Å². The molecule has 0 aliphatic heterocycles. The second kappa shape index (κ2) is 6.68. The van der Waals surface area contributed by atoms with Crippen molar-refractivity contribution in [2.24, 2.45) is 5.73 Å². The highest BCUT2D eigenvalue weighted by Crippen LogP contribution is 2.22. The van der Waals surface area contributed by atoms with Crippen LogP contribution in [0.5, 0.6) is 0 Å². The van der Waals surface area contributed by atoms with E-state index in [4.69, 9.17) is 18.0 Å². The zero-order valence-corrected chi connectivity index (χ0v) is 15.1. The summed E-state index contributed by atoms with van der Waals surface area (Å²) in [6, 6.07) is 10.9. The molecule has 2 aromatic rings. The lowest BCUT2D eigenvalue weighted by atomic mass is 10.1. The molecular weight excluding hydrogens is 416 g/mol. The van der Waals surface area contributed by atoms with Crippen molar-refractivity contribution < 1.29 is 4.79 Å². The van der Waals surface area contributed by atoms with Gasteiger partial charge < -0.3 is 11.1 Å². The predicted octanol–water partition coefficient (Wildman–Crippen LogP) is 4.41. The molecule has 3 N–H and O–H groups in total. The zero-order chi connectivity index (χ0) is 15.6. The lowest BCUT2D eigenvalue weighted by Gasteiger charge is -2.11. The molecule has 0 aliphatic rings. The fourth-order valence-corrected chi connectivity index (χ4v) is 3.21. The standard InChI is InChI=1S/C15H12Br2N2OS/c1-8-2-3-9(14(18)21)6-13(8)19-15(20)10-4-11(16)7-12(17)5-10/h2-7H,1H3,(H2,18,21)(H,19,20). The molecule has 0 aromatic heterocycles. The average molecular weight is 428 g/mol. The van der Waals surface area contributed by atoms with Crippen LogP contribution in [0.4, 0.5) is 5.69 Å². The summed E-state index contributed by atoms with van der Waals surface area (Å²) in [5.41, 5.74) is 8.53. The number of nitrogens with one attached hydrogen (secondary N) is 1. The van der Waals surface area contributed by atoms with E-state index in [1.807, 2.05) is 25.1 Å². The lowest BCUT2D eigenvalue weighted by Crippen LogP contribution is -2.15. The summed E-state index contributed by atoms with van der Waals surface area (Å²) in [5.74, 6) is -0.194. The second-order valence-electron chi connectivity index (χ2n) is 4.51. The maximum absolute atomic E-state index is 12.3. The SMILES string of the molecule is Cc1ccc(C(N)=S)cc1NC(=O)c1cc(Br)cc(Br)c1. The summed E-state index contributed by atoms with van der Waals surface area (Å²) in [6.07, 6.45) is 0. The molecule has 0 bridgehead atoms. The van der Waals surface area contributed by atoms with E-state index in [1.165, 1.54) is 0 Å². The number of carbonyl (C=O) groups excluding carboxylic acids is 1. The fourth-order valence-electron chi connectivity index (χ4n) is 1.79. The first-order valence-corrected chi connectivity index (χ1v) is 8.04. The first kappa shape index (κ1) is 16.1. The minimum atomic E-state index is -0.194. The third-order valence-electron chi connectivity index (χ3n) is 2.90. The monoisotopic (exact) mass is 426 g/mol. The van der Waals surface area contributed by atoms with Crippen LogP contribution < -0.4 is 11.1 Å². The van der Waals surface area contributed by atoms with Crippen LogP contribution in [0.1, 0.15) is 21.5 Å². The topological polar surface area (TPSA) is 55.1 Å². The van der Waals surface area contributed by atoms with Gasteiger partial charge in [-0.2, -0.15) is 0 Å². The minimum absolute atomic E-state index is 0.194. The summed E-state index contributed by atoms with van der Waals surface area (Å²) in [7, 11) is 0. The molecule has 6 heteroatoms. The summed E-state index contributed by atoms with van der Waals surface area (Å²) in [6.45, 7) is 1.91. The number of thiocarbonyl (C=S) groups is 1. The van der Waals surface area contributed by atoms with Crippen LogP contribution in [-0.4, -0.2) is 10.9 Å². The summed E-state index contributed by atoms with van der Waals surface area (Å²) < 4.78 is 1.66. The molecule has 0 saturated heterocycles. The average Bonchev–Trinajstić information content (AvgIpc) is 2.39. The number of amides is 1. The number of nitrogens with two attached hydrogens (primary N) is 1. The quantitative estimate of drug-likeness (QED) is 0.713. The zero-order valence-electron chi connectivity index (χ0n) is 11.1. The molecule has 0 saturated carbocycles. The highest BCUT2D eigenvalue weighted by molar-refractivity contribution is 9.11. The second-order valence-corrected chi connectivity index (χ2v) is 6.78. The molecule has 0 fully saturated rings. The predicted molar refractivity (Wildman–Crippen MR) is 96.9 cm³/mol. The molecule has 1 amide bonds. The first-order chi connectivity index (χ1) is 9.86. The van der Waals surface area contributed by atoms with Crippen molar-refractivity contribution in [1.82, 2.24) is 0 Å². The van der Waals surface area contributed by atoms with Crippen LogP contribution in [0, 0.1) is 6.92 Å². The van der Waals surface area contributed by atoms with Crippen LogP contribution >= 0.6 is 44.1 Å². The van der Waals surface area contributed by atoms with Gasteiger partial charge in [0.15, 0.2) is 0 Å². The van der Waals surface area contributed by atoms with Crippen molar-refractivity contribution in [3.8, 4) is 0 Å². The van der Waals surface area contributed by atoms with Gasteiger partial charge in [-0.1, -0.05) is 56.2 Å². The first-order valence-electron chi connectivity index (χ1n) is 6.04. The number of aryl methyl sites for hydroxylation is 1. The Balaban J connectivity index is 2.31. The summed E-state index contributed by atoms with van der Waals surface area (Å²) in [4.78, 5) is 12.6. The molecule has 108 valence electrons. The van der Waals surface area contributed by atoms with E-state index >= 15 is 0 Å². The van der Waals surface area contributed by atoms with Gasteiger partial charge in [-0.3, -0.25) is 4.79 Å². The molecule has 0 heterocycles. The number of halogens is 2. The Morgan fingerprint density at radius 2 is 1.71 bits per heavy atom. The van der Waals surface area contributed by atoms with Crippen molar-refractivity contribution in [3.05, 3.63) is 62.0 Å². The van der Waals surface area contributed by atoms with E-state index in [1.54, 1.807) is 18.2 Å². The van der Waals surface area contributed by atoms with Crippen LogP contribution in [-0.2, 0) is 0 Å². The van der Waals surface area contributed by atoms with Gasteiger partial charge in [0, 0.05) is 25.8 Å². The van der Waals surface area contributed by atoms with Gasteiger partial charge in [0.25, 0.3) is 5.91 Å². The Morgan fingerprint density at radius 1 is 1.10 bits per heavy atom. The summed E-state index contributed by atoms with van der Waals surface area (Å²) in [5, 5.41) is 2.88. The van der Waals surface area contributed by atoms with Gasteiger partial charge in [-0.15, -0.1) is 0 Å². The van der Waals surface area contributed by atoms with E-state index in [-0.39, 0.29) is 5.91 Å². The lowest BCUT2D eigenvalue weighted by molar-refractivity contribution is 0.102. The molecular formula is C15H12Br2N2OS. The largest absolute Gasteiger partial charge is 0.389 e. The molecule has 0 unspecified atom stereocenters. The van der Waals surface area contributed by atoms with E-state index in [0.29, 0.717) is 16.2 Å². The van der Waals surface area contributed by atoms with Gasteiger partial charge in [0.2, 0.25) is 0 Å². The molecule has 2 aromatic carbocycles. The van der Waals surface area contributed by atoms with Gasteiger partial charge in [-0.25, -0.2) is 0 Å². The molecule has 0 aliphatic carbocycles. The Hall–Kier alpha value is -1.24. The van der Waals surface area contributed by atoms with E-state index < -0.39 is 0 Å². The highest BCUT2D eigenvalue weighted by atomic mass is 79.9. The third-order valence-corrected chi connectivity index (χ3v) is 4.05. The molecule has 0 atom stereocenters. The molecule has 0 spiro atoms. The van der Waals surface area contributed by atoms with Crippen molar-refractivity contribution >= 4 is 60.7 Å². The van der Waals surface area contributed by atoms with E-state index in [2.05, 4.69) is 37.2 Å². The number of hydrogen-bond donors (Lipinski definition) is 2. The Labute approximate surface area is 145 Å². The van der Waals surface area contributed by atoms with Gasteiger partial charge >= 0.3 is 0 Å². The fraction of sp³-hybridized carbons (Fsp3) is 0.0667. The van der Waals surface area contributed by atoms with Crippen molar-refractivity contribution in [3.63, 3.8) is 0 Å². The van der Waals surface area contributed by atoms with Gasteiger partial charge in [0.05, 0.1) is 0 Å².